The third-order valence-electron chi connectivity index (χ3n) is 4.03. The van der Waals surface area contributed by atoms with Gasteiger partial charge < -0.3 is 16.4 Å². The number of hydrogen-bond acceptors (Lipinski definition) is 4. The van der Waals surface area contributed by atoms with Crippen molar-refractivity contribution in [2.75, 3.05) is 18.8 Å². The normalized spacial score (nSPS) is 22.2. The predicted molar refractivity (Wildman–Crippen MR) is 74.9 cm³/mol. The number of primary amides is 1. The molecule has 7 nitrogen and oxygen atoms in total. The van der Waals surface area contributed by atoms with Gasteiger partial charge in [0.2, 0.25) is 5.91 Å². The van der Waals surface area contributed by atoms with Gasteiger partial charge in [-0.3, -0.25) is 14.3 Å². The summed E-state index contributed by atoms with van der Waals surface area (Å²) in [5.41, 5.74) is 12.2. The topological polar surface area (TPSA) is 107 Å². The first-order valence-corrected chi connectivity index (χ1v) is 6.72. The number of aromatic nitrogens is 2. The largest absolute Gasteiger partial charge is 0.395 e. The number of carbonyl (C=O) groups is 2. The molecule has 0 aliphatic carbocycles. The minimum atomic E-state index is -0.656. The molecule has 7 heteroatoms. The minimum Gasteiger partial charge on any atom is -0.395 e. The van der Waals surface area contributed by atoms with Crippen molar-refractivity contribution in [3.8, 4) is 0 Å². The van der Waals surface area contributed by atoms with E-state index in [1.165, 1.54) is 0 Å². The molecule has 1 atom stereocenters. The molecule has 1 aromatic rings. The fourth-order valence-electron chi connectivity index (χ4n) is 2.54. The monoisotopic (exact) mass is 279 g/mol. The summed E-state index contributed by atoms with van der Waals surface area (Å²) in [5, 5.41) is 4.25. The van der Waals surface area contributed by atoms with Gasteiger partial charge in [0.1, 0.15) is 5.69 Å². The van der Waals surface area contributed by atoms with Crippen molar-refractivity contribution in [1.29, 1.82) is 0 Å². The molecule has 110 valence electrons. The molecule has 4 N–H and O–H groups in total. The van der Waals surface area contributed by atoms with Crippen molar-refractivity contribution in [2.45, 2.75) is 33.7 Å². The molecule has 1 fully saturated rings. The van der Waals surface area contributed by atoms with E-state index in [0.29, 0.717) is 43.1 Å². The highest BCUT2D eigenvalue weighted by Crippen LogP contribution is 2.31. The zero-order chi connectivity index (χ0) is 15.1. The van der Waals surface area contributed by atoms with Gasteiger partial charge in [0.15, 0.2) is 0 Å². The van der Waals surface area contributed by atoms with E-state index >= 15 is 0 Å². The molecule has 1 saturated heterocycles. The van der Waals surface area contributed by atoms with Crippen LogP contribution in [-0.2, 0) is 11.3 Å². The summed E-state index contributed by atoms with van der Waals surface area (Å²) >= 11 is 0. The van der Waals surface area contributed by atoms with Crippen LogP contribution in [0.1, 0.15) is 36.5 Å². The summed E-state index contributed by atoms with van der Waals surface area (Å²) in [6.07, 6.45) is 0.577. The molecule has 0 saturated carbocycles. The van der Waals surface area contributed by atoms with Gasteiger partial charge in [-0.25, -0.2) is 0 Å². The number of rotatable bonds is 3. The summed E-state index contributed by atoms with van der Waals surface area (Å²) in [5.74, 6) is -0.559. The Hall–Kier alpha value is -2.05. The molecule has 20 heavy (non-hydrogen) atoms. The summed E-state index contributed by atoms with van der Waals surface area (Å²) in [6.45, 7) is 6.87. The van der Waals surface area contributed by atoms with Crippen LogP contribution in [0.3, 0.4) is 0 Å². The first-order valence-electron chi connectivity index (χ1n) is 6.72. The average molecular weight is 279 g/mol. The highest BCUT2D eigenvalue weighted by molar-refractivity contribution is 5.98. The maximum Gasteiger partial charge on any atom is 0.274 e. The van der Waals surface area contributed by atoms with E-state index in [0.717, 1.165) is 0 Å². The van der Waals surface area contributed by atoms with Crippen LogP contribution in [0.4, 0.5) is 5.69 Å². The molecule has 0 aromatic carbocycles. The second-order valence-electron chi connectivity index (χ2n) is 5.57. The highest BCUT2D eigenvalue weighted by Gasteiger charge is 2.41. The van der Waals surface area contributed by atoms with E-state index in [1.54, 1.807) is 23.4 Å². The van der Waals surface area contributed by atoms with Crippen molar-refractivity contribution in [3.05, 3.63) is 11.4 Å². The van der Waals surface area contributed by atoms with Crippen LogP contribution in [0.25, 0.3) is 0 Å². The number of carbonyl (C=O) groups excluding carboxylic acids is 2. The lowest BCUT2D eigenvalue weighted by Crippen LogP contribution is -2.39. The summed E-state index contributed by atoms with van der Waals surface area (Å²) in [4.78, 5) is 25.7. The Kier molecular flexibility index (Phi) is 3.45. The number of nitrogens with zero attached hydrogens (tertiary/aromatic N) is 3. The zero-order valence-corrected chi connectivity index (χ0v) is 12.1. The number of likely N-dealkylation sites (tertiary alicyclic amines) is 1. The van der Waals surface area contributed by atoms with Crippen LogP contribution >= 0.6 is 0 Å². The van der Waals surface area contributed by atoms with Gasteiger partial charge in [-0.05, 0) is 27.2 Å². The number of nitrogens with two attached hydrogens (primary N) is 2. The second kappa shape index (κ2) is 4.81. The SMILES string of the molecule is CCn1nc(C)c(N)c1C(=O)N1CCC(C)(C(N)=O)C1. The van der Waals surface area contributed by atoms with Gasteiger partial charge in [0.25, 0.3) is 5.91 Å². The van der Waals surface area contributed by atoms with Crippen molar-refractivity contribution < 1.29 is 9.59 Å². The lowest BCUT2D eigenvalue weighted by molar-refractivity contribution is -0.126. The molecular weight excluding hydrogens is 258 g/mol. The van der Waals surface area contributed by atoms with Gasteiger partial charge in [0, 0.05) is 19.6 Å². The Morgan fingerprint density at radius 3 is 2.60 bits per heavy atom. The first-order chi connectivity index (χ1) is 9.30. The Morgan fingerprint density at radius 2 is 2.10 bits per heavy atom. The van der Waals surface area contributed by atoms with Crippen LogP contribution in [0.15, 0.2) is 0 Å². The van der Waals surface area contributed by atoms with Crippen molar-refractivity contribution in [3.63, 3.8) is 0 Å². The molecule has 0 bridgehead atoms. The quantitative estimate of drug-likeness (QED) is 0.820. The fraction of sp³-hybridized carbons (Fsp3) is 0.615. The molecule has 2 rings (SSSR count). The van der Waals surface area contributed by atoms with E-state index in [1.807, 2.05) is 6.92 Å². The predicted octanol–water partition coefficient (Wildman–Crippen LogP) is 0.131. The third-order valence-corrected chi connectivity index (χ3v) is 4.03. The van der Waals surface area contributed by atoms with E-state index in [-0.39, 0.29) is 11.8 Å². The number of nitrogen functional groups attached to an aromatic ring is 1. The second-order valence-corrected chi connectivity index (χ2v) is 5.57. The van der Waals surface area contributed by atoms with E-state index < -0.39 is 5.41 Å². The third kappa shape index (κ3) is 2.13. The Morgan fingerprint density at radius 1 is 1.45 bits per heavy atom. The lowest BCUT2D eigenvalue weighted by Gasteiger charge is -2.21. The van der Waals surface area contributed by atoms with Crippen LogP contribution < -0.4 is 11.5 Å². The van der Waals surface area contributed by atoms with E-state index in [2.05, 4.69) is 5.10 Å². The molecule has 2 heterocycles. The summed E-state index contributed by atoms with van der Waals surface area (Å²) < 4.78 is 1.60. The van der Waals surface area contributed by atoms with Crippen LogP contribution in [0.2, 0.25) is 0 Å². The number of amides is 2. The van der Waals surface area contributed by atoms with Gasteiger partial charge in [-0.2, -0.15) is 5.10 Å². The van der Waals surface area contributed by atoms with Crippen molar-refractivity contribution >= 4 is 17.5 Å². The summed E-state index contributed by atoms with van der Waals surface area (Å²) in [6, 6.07) is 0. The average Bonchev–Trinajstić information content (AvgIpc) is 2.92. The lowest BCUT2D eigenvalue weighted by atomic mass is 9.89. The van der Waals surface area contributed by atoms with E-state index in [9.17, 15) is 9.59 Å². The highest BCUT2D eigenvalue weighted by atomic mass is 16.2. The number of anilines is 1. The molecule has 2 amide bonds. The molecule has 1 unspecified atom stereocenters. The van der Waals surface area contributed by atoms with Gasteiger partial charge in [-0.1, -0.05) is 0 Å². The van der Waals surface area contributed by atoms with Gasteiger partial charge in [0.05, 0.1) is 16.8 Å². The Bertz CT molecular complexity index is 565. The van der Waals surface area contributed by atoms with Crippen LogP contribution in [0.5, 0.6) is 0 Å². The molecule has 0 radical (unpaired) electrons. The maximum atomic E-state index is 12.6. The molecule has 1 aliphatic heterocycles. The zero-order valence-electron chi connectivity index (χ0n) is 12.1. The molecule has 1 aliphatic rings. The maximum absolute atomic E-state index is 12.6. The summed E-state index contributed by atoms with van der Waals surface area (Å²) in [7, 11) is 0. The molecular formula is C13H21N5O2. The molecule has 1 aromatic heterocycles. The van der Waals surface area contributed by atoms with E-state index in [4.69, 9.17) is 11.5 Å². The van der Waals surface area contributed by atoms with Crippen LogP contribution in [0, 0.1) is 12.3 Å². The van der Waals surface area contributed by atoms with Gasteiger partial charge >= 0.3 is 0 Å². The van der Waals surface area contributed by atoms with Crippen molar-refractivity contribution in [1.82, 2.24) is 14.7 Å². The first kappa shape index (κ1) is 14.4. The Labute approximate surface area is 117 Å². The van der Waals surface area contributed by atoms with Gasteiger partial charge in [-0.15, -0.1) is 0 Å². The minimum absolute atomic E-state index is 0.185. The smallest absolute Gasteiger partial charge is 0.274 e. The van der Waals surface area contributed by atoms with Crippen LogP contribution in [-0.4, -0.2) is 39.6 Å². The number of aryl methyl sites for hydroxylation is 2. The number of hydrogen-bond donors (Lipinski definition) is 2. The van der Waals surface area contributed by atoms with Crippen molar-refractivity contribution in [2.24, 2.45) is 11.1 Å². The fourth-order valence-corrected chi connectivity index (χ4v) is 2.54. The molecule has 0 spiro atoms. The Balaban J connectivity index is 2.28. The standard InChI is InChI=1S/C13H21N5O2/c1-4-18-10(9(14)8(2)16-18)11(19)17-6-5-13(3,7-17)12(15)20/h4-7,14H2,1-3H3,(H2,15,20).